The molecule has 1 aliphatic heterocycles. The van der Waals surface area contributed by atoms with E-state index in [0.717, 1.165) is 17.5 Å². The first-order chi connectivity index (χ1) is 7.83. The van der Waals surface area contributed by atoms with Crippen molar-refractivity contribution in [2.24, 2.45) is 5.92 Å². The van der Waals surface area contributed by atoms with E-state index in [0.29, 0.717) is 6.04 Å². The number of anilines is 2. The molecule has 3 heteroatoms. The van der Waals surface area contributed by atoms with Crippen molar-refractivity contribution >= 4 is 23.0 Å². The van der Waals surface area contributed by atoms with Crippen molar-refractivity contribution in [2.45, 2.75) is 31.7 Å². The maximum Gasteiger partial charge on any atom is 0.0593 e. The molecule has 2 nitrogen and oxygen atoms in total. The molecule has 0 aromatic heterocycles. The van der Waals surface area contributed by atoms with Gasteiger partial charge in [0.05, 0.1) is 11.4 Å². The molecule has 0 amide bonds. The highest BCUT2D eigenvalue weighted by atomic mass is 35.5. The van der Waals surface area contributed by atoms with Gasteiger partial charge >= 0.3 is 0 Å². The molecule has 1 fully saturated rings. The van der Waals surface area contributed by atoms with Crippen LogP contribution in [0, 0.1) is 5.92 Å². The van der Waals surface area contributed by atoms with Crippen LogP contribution in [0.4, 0.5) is 11.4 Å². The van der Waals surface area contributed by atoms with Crippen molar-refractivity contribution in [1.29, 1.82) is 0 Å². The van der Waals surface area contributed by atoms with Crippen LogP contribution < -0.4 is 10.6 Å². The largest absolute Gasteiger partial charge is 0.383 e. The Morgan fingerprint density at radius 2 is 2.00 bits per heavy atom. The maximum atomic E-state index is 6.04. The first-order valence-electron chi connectivity index (χ1n) is 6.13. The minimum absolute atomic E-state index is 0.626. The Kier molecular flexibility index (Phi) is 2.68. The van der Waals surface area contributed by atoms with Gasteiger partial charge in [-0.05, 0) is 37.0 Å². The fourth-order valence-electron chi connectivity index (χ4n) is 2.87. The summed E-state index contributed by atoms with van der Waals surface area (Å²) in [6.07, 6.45) is 5.36. The second-order valence-electron chi connectivity index (χ2n) is 4.87. The Morgan fingerprint density at radius 1 is 1.12 bits per heavy atom. The zero-order valence-corrected chi connectivity index (χ0v) is 10.1. The van der Waals surface area contributed by atoms with E-state index in [1.807, 2.05) is 12.1 Å². The van der Waals surface area contributed by atoms with Gasteiger partial charge < -0.3 is 10.6 Å². The first-order valence-corrected chi connectivity index (χ1v) is 6.51. The molecule has 2 aliphatic rings. The number of fused-ring (bicyclic) bond motifs is 2. The fourth-order valence-corrected chi connectivity index (χ4v) is 3.04. The molecule has 2 N–H and O–H groups in total. The molecule has 16 heavy (non-hydrogen) atoms. The van der Waals surface area contributed by atoms with E-state index in [2.05, 4.69) is 16.7 Å². The lowest BCUT2D eigenvalue weighted by Gasteiger charge is -2.30. The van der Waals surface area contributed by atoms with Crippen molar-refractivity contribution in [3.63, 3.8) is 0 Å². The summed E-state index contributed by atoms with van der Waals surface area (Å²) in [6.45, 7) is 1.09. The molecule has 0 bridgehead atoms. The highest BCUT2D eigenvalue weighted by Crippen LogP contribution is 2.35. The molecule has 2 atom stereocenters. The van der Waals surface area contributed by atoms with Crippen LogP contribution in [-0.4, -0.2) is 12.6 Å². The normalized spacial score (nSPS) is 28.1. The SMILES string of the molecule is Clc1ccc2c(c1)NC1CCCCC1CN2. The third-order valence-electron chi connectivity index (χ3n) is 3.79. The number of hydrogen-bond donors (Lipinski definition) is 2. The van der Waals surface area contributed by atoms with Crippen LogP contribution in [0.2, 0.25) is 5.02 Å². The van der Waals surface area contributed by atoms with E-state index >= 15 is 0 Å². The summed E-state index contributed by atoms with van der Waals surface area (Å²) in [5.74, 6) is 0.764. The lowest BCUT2D eigenvalue weighted by molar-refractivity contribution is 0.342. The third kappa shape index (κ3) is 1.86. The Bertz CT molecular complexity index is 392. The van der Waals surface area contributed by atoms with Crippen LogP contribution in [-0.2, 0) is 0 Å². The predicted molar refractivity (Wildman–Crippen MR) is 69.3 cm³/mol. The average molecular weight is 237 g/mol. The lowest BCUT2D eigenvalue weighted by atomic mass is 9.84. The average Bonchev–Trinajstić information content (AvgIpc) is 2.47. The minimum atomic E-state index is 0.626. The zero-order valence-electron chi connectivity index (χ0n) is 9.30. The van der Waals surface area contributed by atoms with Gasteiger partial charge in [-0.3, -0.25) is 0 Å². The van der Waals surface area contributed by atoms with Crippen LogP contribution in [0.5, 0.6) is 0 Å². The summed E-state index contributed by atoms with van der Waals surface area (Å²) >= 11 is 6.04. The van der Waals surface area contributed by atoms with E-state index in [1.165, 1.54) is 37.1 Å². The number of nitrogens with one attached hydrogen (secondary N) is 2. The number of benzene rings is 1. The van der Waals surface area contributed by atoms with Crippen LogP contribution in [0.15, 0.2) is 18.2 Å². The highest BCUT2D eigenvalue weighted by molar-refractivity contribution is 6.31. The van der Waals surface area contributed by atoms with Gasteiger partial charge in [0.2, 0.25) is 0 Å². The van der Waals surface area contributed by atoms with Crippen molar-refractivity contribution < 1.29 is 0 Å². The Labute approximate surface area is 101 Å². The van der Waals surface area contributed by atoms with E-state index in [4.69, 9.17) is 11.6 Å². The minimum Gasteiger partial charge on any atom is -0.383 e. The van der Waals surface area contributed by atoms with Gasteiger partial charge in [-0.2, -0.15) is 0 Å². The van der Waals surface area contributed by atoms with Crippen LogP contribution in [0.3, 0.4) is 0 Å². The molecule has 0 saturated heterocycles. The smallest absolute Gasteiger partial charge is 0.0593 e. The molecule has 1 aliphatic carbocycles. The molecule has 2 unspecified atom stereocenters. The molecular formula is C13H17ClN2. The molecule has 1 aromatic carbocycles. The maximum absolute atomic E-state index is 6.04. The van der Waals surface area contributed by atoms with Gasteiger partial charge in [-0.15, -0.1) is 0 Å². The number of halogens is 1. The first kappa shape index (κ1) is 10.3. The van der Waals surface area contributed by atoms with Crippen LogP contribution >= 0.6 is 11.6 Å². The molecule has 0 spiro atoms. The Morgan fingerprint density at radius 3 is 2.94 bits per heavy atom. The second kappa shape index (κ2) is 4.17. The van der Waals surface area contributed by atoms with E-state index in [9.17, 15) is 0 Å². The molecule has 3 rings (SSSR count). The Hall–Kier alpha value is -0.890. The van der Waals surface area contributed by atoms with Gasteiger partial charge in [-0.25, -0.2) is 0 Å². The zero-order chi connectivity index (χ0) is 11.0. The highest BCUT2D eigenvalue weighted by Gasteiger charge is 2.27. The molecule has 1 saturated carbocycles. The predicted octanol–water partition coefficient (Wildman–Crippen LogP) is 3.74. The van der Waals surface area contributed by atoms with E-state index in [-0.39, 0.29) is 0 Å². The topological polar surface area (TPSA) is 24.1 Å². The van der Waals surface area contributed by atoms with Crippen molar-refractivity contribution in [2.75, 3.05) is 17.2 Å². The standard InChI is InChI=1S/C13H17ClN2/c14-10-5-6-12-13(7-10)16-11-4-2-1-3-9(11)8-15-12/h5-7,9,11,15-16H,1-4,8H2. The van der Waals surface area contributed by atoms with Crippen LogP contribution in [0.1, 0.15) is 25.7 Å². The van der Waals surface area contributed by atoms with Gasteiger partial charge in [0.15, 0.2) is 0 Å². The monoisotopic (exact) mass is 236 g/mol. The Balaban J connectivity index is 1.90. The summed E-state index contributed by atoms with van der Waals surface area (Å²) in [5, 5.41) is 7.99. The third-order valence-corrected chi connectivity index (χ3v) is 4.02. The molecular weight excluding hydrogens is 220 g/mol. The van der Waals surface area contributed by atoms with Gasteiger partial charge in [0, 0.05) is 17.6 Å². The molecule has 0 radical (unpaired) electrons. The number of rotatable bonds is 0. The van der Waals surface area contributed by atoms with Crippen molar-refractivity contribution in [3.05, 3.63) is 23.2 Å². The summed E-state index contributed by atoms with van der Waals surface area (Å²) in [4.78, 5) is 0. The fraction of sp³-hybridized carbons (Fsp3) is 0.538. The summed E-state index contributed by atoms with van der Waals surface area (Å²) in [6, 6.07) is 6.67. The molecule has 1 aromatic rings. The van der Waals surface area contributed by atoms with Crippen molar-refractivity contribution in [1.82, 2.24) is 0 Å². The number of hydrogen-bond acceptors (Lipinski definition) is 2. The van der Waals surface area contributed by atoms with Gasteiger partial charge in [0.25, 0.3) is 0 Å². The quantitative estimate of drug-likeness (QED) is 0.717. The summed E-state index contributed by atoms with van der Waals surface area (Å²) in [5.41, 5.74) is 2.36. The second-order valence-corrected chi connectivity index (χ2v) is 5.30. The van der Waals surface area contributed by atoms with Crippen molar-refractivity contribution in [3.8, 4) is 0 Å². The van der Waals surface area contributed by atoms with Gasteiger partial charge in [0.1, 0.15) is 0 Å². The molecule has 1 heterocycles. The van der Waals surface area contributed by atoms with Gasteiger partial charge in [-0.1, -0.05) is 24.4 Å². The lowest BCUT2D eigenvalue weighted by Crippen LogP contribution is -2.34. The summed E-state index contributed by atoms with van der Waals surface area (Å²) < 4.78 is 0. The van der Waals surface area contributed by atoms with Crippen LogP contribution in [0.25, 0.3) is 0 Å². The summed E-state index contributed by atoms with van der Waals surface area (Å²) in [7, 11) is 0. The van der Waals surface area contributed by atoms with E-state index in [1.54, 1.807) is 0 Å². The van der Waals surface area contributed by atoms with E-state index < -0.39 is 0 Å². The molecule has 86 valence electrons.